The van der Waals surface area contributed by atoms with Gasteiger partial charge in [0.05, 0.1) is 24.0 Å². The van der Waals surface area contributed by atoms with Gasteiger partial charge in [0.1, 0.15) is 11.6 Å². The topological polar surface area (TPSA) is 27.1 Å². The first kappa shape index (κ1) is 12.8. The second kappa shape index (κ2) is 4.71. The van der Waals surface area contributed by atoms with Gasteiger partial charge in [-0.3, -0.25) is 0 Å². The van der Waals surface area contributed by atoms with Crippen LogP contribution in [0.4, 0.5) is 0 Å². The van der Waals surface area contributed by atoms with Crippen LogP contribution in [0.5, 0.6) is 5.75 Å². The highest BCUT2D eigenvalue weighted by Gasteiger charge is 2.33. The summed E-state index contributed by atoms with van der Waals surface area (Å²) in [4.78, 5) is 4.67. The SMILES string of the molecule is COc1ccc2nc(CCl)n(C3(C)CCCC3)c2c1. The van der Waals surface area contributed by atoms with E-state index in [9.17, 15) is 0 Å². The molecule has 0 spiro atoms. The van der Waals surface area contributed by atoms with Gasteiger partial charge in [-0.05, 0) is 31.9 Å². The maximum atomic E-state index is 6.10. The summed E-state index contributed by atoms with van der Waals surface area (Å²) in [6.07, 6.45) is 4.95. The number of fused-ring (bicyclic) bond motifs is 1. The molecule has 2 aromatic rings. The van der Waals surface area contributed by atoms with E-state index in [4.69, 9.17) is 16.3 Å². The number of halogens is 1. The zero-order valence-electron chi connectivity index (χ0n) is 11.4. The molecule has 0 atom stereocenters. The van der Waals surface area contributed by atoms with E-state index in [-0.39, 0.29) is 5.54 Å². The molecule has 1 aromatic heterocycles. The molecule has 4 heteroatoms. The average Bonchev–Trinajstić information content (AvgIpc) is 3.01. The van der Waals surface area contributed by atoms with E-state index in [1.54, 1.807) is 7.11 Å². The highest BCUT2D eigenvalue weighted by atomic mass is 35.5. The third-order valence-corrected chi connectivity index (χ3v) is 4.51. The van der Waals surface area contributed by atoms with Crippen molar-refractivity contribution in [3.05, 3.63) is 24.0 Å². The minimum atomic E-state index is 0.144. The zero-order valence-corrected chi connectivity index (χ0v) is 12.2. The van der Waals surface area contributed by atoms with Crippen molar-refractivity contribution in [1.29, 1.82) is 0 Å². The molecule has 102 valence electrons. The Bertz CT molecular complexity index is 599. The lowest BCUT2D eigenvalue weighted by molar-refractivity contribution is 0.330. The van der Waals surface area contributed by atoms with E-state index in [2.05, 4.69) is 22.5 Å². The number of methoxy groups -OCH3 is 1. The normalized spacial score (nSPS) is 18.1. The first-order valence-electron chi connectivity index (χ1n) is 6.80. The Morgan fingerprint density at radius 2 is 2.11 bits per heavy atom. The number of rotatable bonds is 3. The van der Waals surface area contributed by atoms with E-state index >= 15 is 0 Å². The first-order chi connectivity index (χ1) is 9.18. The molecule has 1 saturated carbocycles. The van der Waals surface area contributed by atoms with Gasteiger partial charge in [0.15, 0.2) is 0 Å². The second-order valence-corrected chi connectivity index (χ2v) is 5.82. The Balaban J connectivity index is 2.24. The molecule has 0 N–H and O–H groups in total. The second-order valence-electron chi connectivity index (χ2n) is 5.56. The van der Waals surface area contributed by atoms with Gasteiger partial charge in [-0.25, -0.2) is 4.98 Å². The Hall–Kier alpha value is -1.22. The van der Waals surface area contributed by atoms with Crippen molar-refractivity contribution >= 4 is 22.6 Å². The van der Waals surface area contributed by atoms with Crippen molar-refractivity contribution in [2.45, 2.75) is 44.0 Å². The molecule has 19 heavy (non-hydrogen) atoms. The van der Waals surface area contributed by atoms with Crippen LogP contribution in [0.3, 0.4) is 0 Å². The van der Waals surface area contributed by atoms with E-state index in [1.165, 1.54) is 25.7 Å². The minimum Gasteiger partial charge on any atom is -0.497 e. The molecule has 0 radical (unpaired) electrons. The van der Waals surface area contributed by atoms with Crippen molar-refractivity contribution in [2.75, 3.05) is 7.11 Å². The summed E-state index contributed by atoms with van der Waals surface area (Å²) in [6, 6.07) is 6.04. The third kappa shape index (κ3) is 2.00. The van der Waals surface area contributed by atoms with Gasteiger partial charge in [-0.1, -0.05) is 12.8 Å². The Morgan fingerprint density at radius 1 is 1.37 bits per heavy atom. The lowest BCUT2D eigenvalue weighted by atomic mass is 9.99. The number of benzene rings is 1. The van der Waals surface area contributed by atoms with Crippen molar-refractivity contribution < 1.29 is 4.74 Å². The lowest BCUT2D eigenvalue weighted by Gasteiger charge is -2.28. The van der Waals surface area contributed by atoms with Crippen LogP contribution in [-0.2, 0) is 11.4 Å². The van der Waals surface area contributed by atoms with Crippen molar-refractivity contribution in [1.82, 2.24) is 9.55 Å². The van der Waals surface area contributed by atoms with E-state index < -0.39 is 0 Å². The van der Waals surface area contributed by atoms with Crippen LogP contribution in [0.25, 0.3) is 11.0 Å². The number of nitrogens with zero attached hydrogens (tertiary/aromatic N) is 2. The Labute approximate surface area is 118 Å². The predicted molar refractivity (Wildman–Crippen MR) is 78.0 cm³/mol. The molecular formula is C15H19ClN2O. The summed E-state index contributed by atoms with van der Waals surface area (Å²) < 4.78 is 7.68. The molecule has 0 aliphatic heterocycles. The standard InChI is InChI=1S/C15H19ClN2O/c1-15(7-3-4-8-15)18-13-9-11(19-2)5-6-12(13)17-14(18)10-16/h5-6,9H,3-4,7-8,10H2,1-2H3. The maximum Gasteiger partial charge on any atom is 0.125 e. The molecule has 0 saturated heterocycles. The average molecular weight is 279 g/mol. The summed E-state index contributed by atoms with van der Waals surface area (Å²) >= 11 is 6.10. The van der Waals surface area contributed by atoms with Gasteiger partial charge < -0.3 is 9.30 Å². The maximum absolute atomic E-state index is 6.10. The van der Waals surface area contributed by atoms with Crippen LogP contribution in [0.15, 0.2) is 18.2 Å². The Kier molecular flexibility index (Phi) is 3.17. The number of aromatic nitrogens is 2. The smallest absolute Gasteiger partial charge is 0.125 e. The minimum absolute atomic E-state index is 0.144. The molecule has 3 nitrogen and oxygen atoms in total. The number of hydrogen-bond donors (Lipinski definition) is 0. The van der Waals surface area contributed by atoms with Gasteiger partial charge in [0, 0.05) is 11.6 Å². The number of hydrogen-bond acceptors (Lipinski definition) is 2. The fourth-order valence-electron chi connectivity index (χ4n) is 3.28. The van der Waals surface area contributed by atoms with Crippen molar-refractivity contribution in [3.8, 4) is 5.75 Å². The lowest BCUT2D eigenvalue weighted by Crippen LogP contribution is -2.27. The van der Waals surface area contributed by atoms with E-state index in [0.717, 1.165) is 22.6 Å². The number of imidazole rings is 1. The Morgan fingerprint density at radius 3 is 2.74 bits per heavy atom. The summed E-state index contributed by atoms with van der Waals surface area (Å²) in [5.74, 6) is 2.29. The van der Waals surface area contributed by atoms with Gasteiger partial charge >= 0.3 is 0 Å². The highest BCUT2D eigenvalue weighted by molar-refractivity contribution is 6.16. The summed E-state index contributed by atoms with van der Waals surface area (Å²) in [5, 5.41) is 0. The third-order valence-electron chi connectivity index (χ3n) is 4.27. The quantitative estimate of drug-likeness (QED) is 0.791. The van der Waals surface area contributed by atoms with E-state index in [0.29, 0.717) is 5.88 Å². The number of ether oxygens (including phenoxy) is 1. The fourth-order valence-corrected chi connectivity index (χ4v) is 3.46. The van der Waals surface area contributed by atoms with Crippen LogP contribution in [-0.4, -0.2) is 16.7 Å². The van der Waals surface area contributed by atoms with Gasteiger partial charge in [0.2, 0.25) is 0 Å². The van der Waals surface area contributed by atoms with E-state index in [1.807, 2.05) is 12.1 Å². The zero-order chi connectivity index (χ0) is 13.5. The van der Waals surface area contributed by atoms with Crippen molar-refractivity contribution in [3.63, 3.8) is 0 Å². The molecule has 3 rings (SSSR count). The fraction of sp³-hybridized carbons (Fsp3) is 0.533. The van der Waals surface area contributed by atoms with Crippen LogP contribution < -0.4 is 4.74 Å². The number of alkyl halides is 1. The van der Waals surface area contributed by atoms with Crippen LogP contribution in [0, 0.1) is 0 Å². The molecule has 1 heterocycles. The molecule has 0 bridgehead atoms. The van der Waals surface area contributed by atoms with Gasteiger partial charge in [-0.2, -0.15) is 0 Å². The molecule has 1 aromatic carbocycles. The van der Waals surface area contributed by atoms with Crippen LogP contribution in [0.1, 0.15) is 38.4 Å². The summed E-state index contributed by atoms with van der Waals surface area (Å²) in [5.41, 5.74) is 2.29. The first-order valence-corrected chi connectivity index (χ1v) is 7.33. The molecule has 1 fully saturated rings. The molecule has 1 aliphatic carbocycles. The largest absolute Gasteiger partial charge is 0.497 e. The monoisotopic (exact) mass is 278 g/mol. The molecule has 0 amide bonds. The van der Waals surface area contributed by atoms with Crippen LogP contribution in [0.2, 0.25) is 0 Å². The van der Waals surface area contributed by atoms with Crippen molar-refractivity contribution in [2.24, 2.45) is 0 Å². The molecular weight excluding hydrogens is 260 g/mol. The predicted octanol–water partition coefficient (Wildman–Crippen LogP) is 4.07. The molecule has 0 unspecified atom stereocenters. The van der Waals surface area contributed by atoms with Gasteiger partial charge in [0.25, 0.3) is 0 Å². The summed E-state index contributed by atoms with van der Waals surface area (Å²) in [6.45, 7) is 2.32. The molecule has 1 aliphatic rings. The van der Waals surface area contributed by atoms with Gasteiger partial charge in [-0.15, -0.1) is 11.6 Å². The summed E-state index contributed by atoms with van der Waals surface area (Å²) in [7, 11) is 1.70. The highest BCUT2D eigenvalue weighted by Crippen LogP contribution is 2.40. The van der Waals surface area contributed by atoms with Crippen LogP contribution >= 0.6 is 11.6 Å².